The van der Waals surface area contributed by atoms with Crippen molar-refractivity contribution < 1.29 is 13.9 Å². The molecule has 0 aliphatic carbocycles. The van der Waals surface area contributed by atoms with Crippen molar-refractivity contribution in [3.05, 3.63) is 35.9 Å². The average Bonchev–Trinajstić information content (AvgIpc) is 2.41. The largest absolute Gasteiger partial charge is 0.393 e. The van der Waals surface area contributed by atoms with Crippen LogP contribution in [0.2, 0.25) is 0 Å². The molecule has 0 amide bonds. The van der Waals surface area contributed by atoms with Crippen LogP contribution in [0, 0.1) is 0 Å². The number of benzene rings is 1. The monoisotopic (exact) mass is 283 g/mol. The summed E-state index contributed by atoms with van der Waals surface area (Å²) in [5, 5.41) is 9.52. The van der Waals surface area contributed by atoms with Crippen LogP contribution in [-0.4, -0.2) is 35.2 Å². The highest BCUT2D eigenvalue weighted by molar-refractivity contribution is 5.20. The summed E-state index contributed by atoms with van der Waals surface area (Å²) in [7, 11) is 0. The lowest BCUT2D eigenvalue weighted by Gasteiger charge is -2.38. The first kappa shape index (κ1) is 15.4. The van der Waals surface area contributed by atoms with E-state index in [2.05, 4.69) is 0 Å². The Morgan fingerprint density at radius 2 is 2.00 bits per heavy atom. The minimum Gasteiger partial charge on any atom is -0.393 e. The molecule has 112 valence electrons. The van der Waals surface area contributed by atoms with E-state index in [1.165, 1.54) is 12.1 Å². The van der Waals surface area contributed by atoms with Gasteiger partial charge in [-0.1, -0.05) is 36.8 Å². The van der Waals surface area contributed by atoms with Gasteiger partial charge in [0.1, 0.15) is 0 Å². The van der Waals surface area contributed by atoms with Crippen LogP contribution in [0.15, 0.2) is 30.3 Å². The van der Waals surface area contributed by atoms with Gasteiger partial charge in [-0.15, -0.1) is 0 Å². The van der Waals surface area contributed by atoms with Crippen LogP contribution >= 0.6 is 0 Å². The van der Waals surface area contributed by atoms with Gasteiger partial charge in [0.2, 0.25) is 0 Å². The summed E-state index contributed by atoms with van der Waals surface area (Å²) < 4.78 is 28.7. The molecule has 0 bridgehead atoms. The molecule has 2 nitrogen and oxygen atoms in total. The fourth-order valence-electron chi connectivity index (χ4n) is 2.96. The van der Waals surface area contributed by atoms with Crippen LogP contribution in [-0.2, 0) is 5.92 Å². The van der Waals surface area contributed by atoms with Crippen LogP contribution in [0.3, 0.4) is 0 Å². The third-order valence-corrected chi connectivity index (χ3v) is 3.96. The Hall–Kier alpha value is -1.00. The van der Waals surface area contributed by atoms with Crippen molar-refractivity contribution in [3.63, 3.8) is 0 Å². The fourth-order valence-corrected chi connectivity index (χ4v) is 2.96. The van der Waals surface area contributed by atoms with Gasteiger partial charge in [-0.3, -0.25) is 4.90 Å². The Balaban J connectivity index is 2.06. The molecule has 1 aromatic carbocycles. The second kappa shape index (κ2) is 6.64. The highest BCUT2D eigenvalue weighted by Crippen LogP contribution is 2.32. The molecule has 4 heteroatoms. The SMILES string of the molecule is CC(O)CC1CCCCN1CC(F)(F)c1ccccc1. The quantitative estimate of drug-likeness (QED) is 0.895. The first-order valence-electron chi connectivity index (χ1n) is 7.34. The molecule has 1 heterocycles. The van der Waals surface area contributed by atoms with E-state index < -0.39 is 12.0 Å². The highest BCUT2D eigenvalue weighted by Gasteiger charge is 2.37. The van der Waals surface area contributed by atoms with Gasteiger partial charge in [0.15, 0.2) is 0 Å². The first-order valence-corrected chi connectivity index (χ1v) is 7.34. The van der Waals surface area contributed by atoms with Gasteiger partial charge in [0.25, 0.3) is 5.92 Å². The summed E-state index contributed by atoms with van der Waals surface area (Å²) >= 11 is 0. The minimum absolute atomic E-state index is 0.0679. The molecule has 0 aromatic heterocycles. The Bertz CT molecular complexity index is 408. The van der Waals surface area contributed by atoms with Crippen molar-refractivity contribution in [2.45, 2.75) is 50.7 Å². The molecule has 0 saturated carbocycles. The zero-order chi connectivity index (χ0) is 14.6. The van der Waals surface area contributed by atoms with Crippen LogP contribution in [0.25, 0.3) is 0 Å². The van der Waals surface area contributed by atoms with Crippen molar-refractivity contribution in [3.8, 4) is 0 Å². The minimum atomic E-state index is -2.84. The molecule has 20 heavy (non-hydrogen) atoms. The third kappa shape index (κ3) is 4.00. The van der Waals surface area contributed by atoms with E-state index in [0.29, 0.717) is 13.0 Å². The van der Waals surface area contributed by atoms with Gasteiger partial charge in [-0.25, -0.2) is 0 Å². The topological polar surface area (TPSA) is 23.5 Å². The summed E-state index contributed by atoms with van der Waals surface area (Å²) in [4.78, 5) is 1.85. The molecule has 2 atom stereocenters. The van der Waals surface area contributed by atoms with Crippen molar-refractivity contribution in [1.29, 1.82) is 0 Å². The number of alkyl halides is 2. The van der Waals surface area contributed by atoms with Crippen LogP contribution in [0.1, 0.15) is 38.2 Å². The van der Waals surface area contributed by atoms with E-state index in [1.807, 2.05) is 4.90 Å². The Morgan fingerprint density at radius 3 is 2.65 bits per heavy atom. The number of piperidine rings is 1. The molecule has 2 unspecified atom stereocenters. The zero-order valence-corrected chi connectivity index (χ0v) is 11.9. The van der Waals surface area contributed by atoms with Gasteiger partial charge in [-0.05, 0) is 32.7 Å². The van der Waals surface area contributed by atoms with Crippen molar-refractivity contribution in [2.24, 2.45) is 0 Å². The Labute approximate surface area is 119 Å². The number of aliphatic hydroxyl groups is 1. The smallest absolute Gasteiger partial charge is 0.285 e. The predicted octanol–water partition coefficient (Wildman–Crippen LogP) is 3.40. The molecule has 1 aliphatic rings. The number of hydrogen-bond donors (Lipinski definition) is 1. The standard InChI is InChI=1S/C16H23F2NO/c1-13(20)11-15-9-5-6-10-19(15)12-16(17,18)14-7-3-2-4-8-14/h2-4,7-8,13,15,20H,5-6,9-12H2,1H3. The van der Waals surface area contributed by atoms with E-state index in [-0.39, 0.29) is 18.2 Å². The Morgan fingerprint density at radius 1 is 1.30 bits per heavy atom. The summed E-state index contributed by atoms with van der Waals surface area (Å²) in [5.41, 5.74) is 0.0707. The van der Waals surface area contributed by atoms with E-state index in [1.54, 1.807) is 25.1 Å². The molecule has 0 spiro atoms. The Kier molecular flexibility index (Phi) is 5.11. The van der Waals surface area contributed by atoms with Crippen LogP contribution < -0.4 is 0 Å². The van der Waals surface area contributed by atoms with E-state index >= 15 is 0 Å². The summed E-state index contributed by atoms with van der Waals surface area (Å²) in [5.74, 6) is -2.84. The number of rotatable bonds is 5. The van der Waals surface area contributed by atoms with Crippen LogP contribution in [0.4, 0.5) is 8.78 Å². The first-order chi connectivity index (χ1) is 9.49. The lowest BCUT2D eigenvalue weighted by Crippen LogP contribution is -2.46. The van der Waals surface area contributed by atoms with Gasteiger partial charge < -0.3 is 5.11 Å². The number of likely N-dealkylation sites (tertiary alicyclic amines) is 1. The van der Waals surface area contributed by atoms with Gasteiger partial charge >= 0.3 is 0 Å². The average molecular weight is 283 g/mol. The molecular formula is C16H23F2NO. The molecule has 1 fully saturated rings. The molecule has 1 N–H and O–H groups in total. The van der Waals surface area contributed by atoms with E-state index in [9.17, 15) is 13.9 Å². The zero-order valence-electron chi connectivity index (χ0n) is 11.9. The molecular weight excluding hydrogens is 260 g/mol. The lowest BCUT2D eigenvalue weighted by molar-refractivity contribution is -0.0590. The van der Waals surface area contributed by atoms with Gasteiger partial charge in [-0.2, -0.15) is 8.78 Å². The lowest BCUT2D eigenvalue weighted by atomic mass is 9.96. The molecule has 1 aliphatic heterocycles. The maximum absolute atomic E-state index is 14.3. The van der Waals surface area contributed by atoms with E-state index in [4.69, 9.17) is 0 Å². The predicted molar refractivity (Wildman–Crippen MR) is 75.8 cm³/mol. The number of nitrogens with zero attached hydrogens (tertiary/aromatic N) is 1. The maximum atomic E-state index is 14.3. The fraction of sp³-hybridized carbons (Fsp3) is 0.625. The number of halogens is 2. The normalized spacial score (nSPS) is 22.7. The van der Waals surface area contributed by atoms with E-state index in [0.717, 1.165) is 19.3 Å². The number of aliphatic hydroxyl groups excluding tert-OH is 1. The second-order valence-corrected chi connectivity index (χ2v) is 5.78. The summed E-state index contributed by atoms with van der Waals surface area (Å²) in [6, 6.07) is 8.07. The summed E-state index contributed by atoms with van der Waals surface area (Å²) in [6.45, 7) is 2.16. The molecule has 1 aromatic rings. The highest BCUT2D eigenvalue weighted by atomic mass is 19.3. The second-order valence-electron chi connectivity index (χ2n) is 5.78. The van der Waals surface area contributed by atoms with Crippen molar-refractivity contribution >= 4 is 0 Å². The molecule has 0 radical (unpaired) electrons. The van der Waals surface area contributed by atoms with Crippen molar-refractivity contribution in [1.82, 2.24) is 4.90 Å². The molecule has 1 saturated heterocycles. The van der Waals surface area contributed by atoms with Crippen molar-refractivity contribution in [2.75, 3.05) is 13.1 Å². The third-order valence-electron chi connectivity index (χ3n) is 3.96. The maximum Gasteiger partial charge on any atom is 0.285 e. The van der Waals surface area contributed by atoms with Gasteiger partial charge in [0.05, 0.1) is 12.6 Å². The van der Waals surface area contributed by atoms with Crippen LogP contribution in [0.5, 0.6) is 0 Å². The molecule has 2 rings (SSSR count). The number of hydrogen-bond acceptors (Lipinski definition) is 2. The van der Waals surface area contributed by atoms with Gasteiger partial charge in [0, 0.05) is 11.6 Å². The summed E-state index contributed by atoms with van der Waals surface area (Å²) in [6.07, 6.45) is 3.05.